The number of hydrogen-bond acceptors (Lipinski definition) is 6. The zero-order valence-corrected chi connectivity index (χ0v) is 12.2. The molecule has 1 aromatic heterocycles. The van der Waals surface area contributed by atoms with Gasteiger partial charge in [-0.05, 0) is 20.9 Å². The van der Waals surface area contributed by atoms with Crippen molar-refractivity contribution >= 4 is 17.3 Å². The molecular formula is C13H21N5O2. The summed E-state index contributed by atoms with van der Waals surface area (Å²) in [5.41, 5.74) is 0.0810. The average molecular weight is 279 g/mol. The Bertz CT molecular complexity index is 494. The Morgan fingerprint density at radius 2 is 2.25 bits per heavy atom. The van der Waals surface area contributed by atoms with Crippen LogP contribution in [0.4, 0.5) is 17.3 Å². The predicted molar refractivity (Wildman–Crippen MR) is 79.4 cm³/mol. The maximum absolute atomic E-state index is 11.0. The lowest BCUT2D eigenvalue weighted by Gasteiger charge is -2.38. The second-order valence-corrected chi connectivity index (χ2v) is 5.13. The molecule has 1 aromatic rings. The number of aromatic nitrogens is 1. The van der Waals surface area contributed by atoms with Crippen molar-refractivity contribution in [2.75, 3.05) is 43.4 Å². The Labute approximate surface area is 118 Å². The fraction of sp³-hybridized carbons (Fsp3) is 0.615. The van der Waals surface area contributed by atoms with E-state index in [4.69, 9.17) is 0 Å². The van der Waals surface area contributed by atoms with Gasteiger partial charge in [0.2, 0.25) is 0 Å². The summed E-state index contributed by atoms with van der Waals surface area (Å²) < 4.78 is 0. The minimum Gasteiger partial charge on any atom is -0.370 e. The molecule has 1 unspecified atom stereocenters. The summed E-state index contributed by atoms with van der Waals surface area (Å²) in [5.74, 6) is 1.23. The zero-order valence-electron chi connectivity index (χ0n) is 12.2. The van der Waals surface area contributed by atoms with Gasteiger partial charge in [0.25, 0.3) is 5.69 Å². The number of nitrogens with one attached hydrogen (secondary N) is 1. The van der Waals surface area contributed by atoms with Crippen LogP contribution in [0.3, 0.4) is 0 Å². The summed E-state index contributed by atoms with van der Waals surface area (Å²) in [6.45, 7) is 7.37. The summed E-state index contributed by atoms with van der Waals surface area (Å²) in [6.07, 6.45) is 0. The van der Waals surface area contributed by atoms with Gasteiger partial charge < -0.3 is 15.1 Å². The Balaban J connectivity index is 2.28. The Kier molecular flexibility index (Phi) is 4.39. The molecule has 0 aliphatic carbocycles. The van der Waals surface area contributed by atoms with Crippen LogP contribution in [0.15, 0.2) is 12.1 Å². The minimum atomic E-state index is -0.370. The molecule has 0 radical (unpaired) electrons. The van der Waals surface area contributed by atoms with Crippen LogP contribution in [-0.4, -0.2) is 54.1 Å². The quantitative estimate of drug-likeness (QED) is 0.666. The third-order valence-electron chi connectivity index (χ3n) is 3.65. The molecule has 7 heteroatoms. The van der Waals surface area contributed by atoms with Gasteiger partial charge in [0.05, 0.1) is 17.1 Å². The second-order valence-electron chi connectivity index (χ2n) is 5.13. The monoisotopic (exact) mass is 279 g/mol. The van der Waals surface area contributed by atoms with Gasteiger partial charge >= 0.3 is 0 Å². The van der Waals surface area contributed by atoms with Crippen LogP contribution >= 0.6 is 0 Å². The summed E-state index contributed by atoms with van der Waals surface area (Å²) in [6, 6.07) is 3.44. The molecule has 1 aliphatic rings. The van der Waals surface area contributed by atoms with Crippen molar-refractivity contribution in [2.24, 2.45) is 0 Å². The van der Waals surface area contributed by atoms with Gasteiger partial charge in [-0.3, -0.25) is 10.1 Å². The van der Waals surface area contributed by atoms with Crippen LogP contribution in [0.2, 0.25) is 0 Å². The lowest BCUT2D eigenvalue weighted by Crippen LogP contribution is -2.50. The summed E-state index contributed by atoms with van der Waals surface area (Å²) >= 11 is 0. The number of nitrogens with zero attached hydrogens (tertiary/aromatic N) is 4. The Hall–Kier alpha value is -1.89. The number of nitro groups is 1. The molecule has 1 fully saturated rings. The number of likely N-dealkylation sites (N-methyl/N-ethyl adjacent to an activating group) is 1. The normalized spacial score (nSPS) is 19.9. The van der Waals surface area contributed by atoms with Crippen LogP contribution in [0.1, 0.15) is 13.8 Å². The highest BCUT2D eigenvalue weighted by molar-refractivity contribution is 5.56. The first-order valence-corrected chi connectivity index (χ1v) is 6.86. The van der Waals surface area contributed by atoms with Crippen LogP contribution in [0, 0.1) is 10.1 Å². The molecule has 1 saturated heterocycles. The highest BCUT2D eigenvalue weighted by Gasteiger charge is 2.23. The van der Waals surface area contributed by atoms with Crippen molar-refractivity contribution in [3.63, 3.8) is 0 Å². The van der Waals surface area contributed by atoms with Crippen molar-refractivity contribution in [3.8, 4) is 0 Å². The first-order valence-electron chi connectivity index (χ1n) is 6.86. The molecule has 2 heterocycles. The number of pyridine rings is 1. The van der Waals surface area contributed by atoms with E-state index in [1.54, 1.807) is 6.07 Å². The van der Waals surface area contributed by atoms with Gasteiger partial charge in [-0.2, -0.15) is 0 Å². The molecule has 1 aliphatic heterocycles. The molecule has 20 heavy (non-hydrogen) atoms. The van der Waals surface area contributed by atoms with E-state index < -0.39 is 0 Å². The van der Waals surface area contributed by atoms with E-state index in [-0.39, 0.29) is 10.6 Å². The third-order valence-corrected chi connectivity index (χ3v) is 3.65. The summed E-state index contributed by atoms with van der Waals surface area (Å²) in [7, 11) is 2.09. The molecule has 7 nitrogen and oxygen atoms in total. The Morgan fingerprint density at radius 3 is 2.85 bits per heavy atom. The highest BCUT2D eigenvalue weighted by atomic mass is 16.6. The molecule has 0 saturated carbocycles. The van der Waals surface area contributed by atoms with Crippen molar-refractivity contribution in [2.45, 2.75) is 19.9 Å². The molecule has 1 N–H and O–H groups in total. The van der Waals surface area contributed by atoms with Gasteiger partial charge in [-0.15, -0.1) is 0 Å². The van der Waals surface area contributed by atoms with E-state index in [1.807, 2.05) is 6.92 Å². The Morgan fingerprint density at radius 1 is 1.50 bits per heavy atom. The van der Waals surface area contributed by atoms with Gasteiger partial charge in [-0.25, -0.2) is 4.98 Å². The number of anilines is 2. The molecule has 0 spiro atoms. The van der Waals surface area contributed by atoms with Crippen molar-refractivity contribution in [3.05, 3.63) is 22.2 Å². The van der Waals surface area contributed by atoms with Gasteiger partial charge in [0, 0.05) is 32.2 Å². The number of hydrogen-bond donors (Lipinski definition) is 1. The lowest BCUT2D eigenvalue weighted by atomic mass is 10.2. The molecule has 1 atom stereocenters. The molecule has 110 valence electrons. The number of rotatable bonds is 4. The van der Waals surface area contributed by atoms with Gasteiger partial charge in [0.15, 0.2) is 0 Å². The fourth-order valence-electron chi connectivity index (χ4n) is 2.30. The zero-order chi connectivity index (χ0) is 14.7. The molecule has 0 aromatic carbocycles. The maximum Gasteiger partial charge on any atom is 0.276 e. The van der Waals surface area contributed by atoms with E-state index in [0.29, 0.717) is 24.2 Å². The molecule has 0 amide bonds. The first-order chi connectivity index (χ1) is 9.51. The summed E-state index contributed by atoms with van der Waals surface area (Å²) in [5, 5.41) is 14.1. The molecule has 0 bridgehead atoms. The largest absolute Gasteiger partial charge is 0.370 e. The number of piperazine rings is 1. The van der Waals surface area contributed by atoms with Crippen molar-refractivity contribution in [1.29, 1.82) is 0 Å². The van der Waals surface area contributed by atoms with Gasteiger partial charge in [0.1, 0.15) is 11.6 Å². The average Bonchev–Trinajstić information content (AvgIpc) is 2.42. The van der Waals surface area contributed by atoms with Crippen LogP contribution in [0.5, 0.6) is 0 Å². The lowest BCUT2D eigenvalue weighted by molar-refractivity contribution is -0.384. The van der Waals surface area contributed by atoms with E-state index in [9.17, 15) is 10.1 Å². The third kappa shape index (κ3) is 3.16. The van der Waals surface area contributed by atoms with Crippen LogP contribution in [0.25, 0.3) is 0 Å². The van der Waals surface area contributed by atoms with E-state index in [1.165, 1.54) is 6.07 Å². The first kappa shape index (κ1) is 14.5. The van der Waals surface area contributed by atoms with E-state index >= 15 is 0 Å². The molecular weight excluding hydrogens is 258 g/mol. The van der Waals surface area contributed by atoms with Crippen molar-refractivity contribution < 1.29 is 4.92 Å². The van der Waals surface area contributed by atoms with Crippen LogP contribution in [-0.2, 0) is 0 Å². The second kappa shape index (κ2) is 6.04. The smallest absolute Gasteiger partial charge is 0.276 e. The standard InChI is InChI=1S/C13H21N5O2/c1-4-14-12-7-11(18(19)20)8-13(15-12)17-6-5-16(3)10(2)9-17/h7-8,10H,4-6,9H2,1-3H3,(H,14,15). The van der Waals surface area contributed by atoms with Crippen LogP contribution < -0.4 is 10.2 Å². The van der Waals surface area contributed by atoms with E-state index in [0.717, 1.165) is 19.6 Å². The maximum atomic E-state index is 11.0. The topological polar surface area (TPSA) is 74.5 Å². The predicted octanol–water partition coefficient (Wildman–Crippen LogP) is 1.56. The molecule has 2 rings (SSSR count). The highest BCUT2D eigenvalue weighted by Crippen LogP contribution is 2.24. The van der Waals surface area contributed by atoms with Gasteiger partial charge in [-0.1, -0.05) is 0 Å². The van der Waals surface area contributed by atoms with Crippen molar-refractivity contribution in [1.82, 2.24) is 9.88 Å². The fourth-order valence-corrected chi connectivity index (χ4v) is 2.30. The summed E-state index contributed by atoms with van der Waals surface area (Å²) in [4.78, 5) is 19.5. The SMILES string of the molecule is CCNc1cc([N+](=O)[O-])cc(N2CCN(C)C(C)C2)n1. The minimum absolute atomic E-state index is 0.0810. The van der Waals surface area contributed by atoms with E-state index in [2.05, 4.69) is 34.1 Å².